The molecular formula is C7H8N6S2. The molecule has 0 spiro atoms. The molecule has 0 saturated carbocycles. The summed E-state index contributed by atoms with van der Waals surface area (Å²) in [6.07, 6.45) is 1.74. The molecule has 0 amide bonds. The van der Waals surface area contributed by atoms with Crippen LogP contribution < -0.4 is 17.0 Å². The maximum absolute atomic E-state index is 5.52. The van der Waals surface area contributed by atoms with Crippen LogP contribution in [0, 0.1) is 0 Å². The second kappa shape index (κ2) is 4.43. The quantitative estimate of drug-likeness (QED) is 0.417. The maximum Gasteiger partial charge on any atom is 0.223 e. The van der Waals surface area contributed by atoms with Gasteiger partial charge in [0.2, 0.25) is 5.95 Å². The number of thiazole rings is 1. The average molecular weight is 240 g/mol. The summed E-state index contributed by atoms with van der Waals surface area (Å²) in [6, 6.07) is 1.71. The number of nitrogens with one attached hydrogen (secondary N) is 1. The predicted octanol–water partition coefficient (Wildman–Crippen LogP) is 0.952. The number of hydrogen-bond acceptors (Lipinski definition) is 8. The molecular weight excluding hydrogens is 232 g/mol. The van der Waals surface area contributed by atoms with E-state index >= 15 is 0 Å². The zero-order valence-electron chi connectivity index (χ0n) is 7.54. The molecule has 0 atom stereocenters. The van der Waals surface area contributed by atoms with Gasteiger partial charge in [-0.05, 0) is 11.8 Å². The van der Waals surface area contributed by atoms with Gasteiger partial charge in [-0.3, -0.25) is 0 Å². The number of hydrogen-bond donors (Lipinski definition) is 3. The lowest BCUT2D eigenvalue weighted by atomic mass is 10.6. The summed E-state index contributed by atoms with van der Waals surface area (Å²) in [7, 11) is 0. The Balaban J connectivity index is 2.24. The van der Waals surface area contributed by atoms with Crippen molar-refractivity contribution < 1.29 is 0 Å². The van der Waals surface area contributed by atoms with Crippen LogP contribution in [0.3, 0.4) is 0 Å². The molecule has 0 saturated heterocycles. The summed E-state index contributed by atoms with van der Waals surface area (Å²) in [4.78, 5) is 12.1. The summed E-state index contributed by atoms with van der Waals surface area (Å²) >= 11 is 2.95. The summed E-state index contributed by atoms with van der Waals surface area (Å²) in [5.74, 6) is 5.92. The van der Waals surface area contributed by atoms with Crippen molar-refractivity contribution in [3.05, 3.63) is 17.6 Å². The minimum absolute atomic E-state index is 0.185. The summed E-state index contributed by atoms with van der Waals surface area (Å²) in [5.41, 5.74) is 7.94. The molecule has 0 aliphatic rings. The molecule has 0 aliphatic carbocycles. The molecule has 2 aromatic rings. The van der Waals surface area contributed by atoms with Crippen molar-refractivity contribution in [2.45, 2.75) is 9.37 Å². The highest BCUT2D eigenvalue weighted by molar-refractivity contribution is 8.01. The van der Waals surface area contributed by atoms with E-state index in [0.717, 1.165) is 4.34 Å². The van der Waals surface area contributed by atoms with E-state index in [2.05, 4.69) is 20.4 Å². The second-order valence-electron chi connectivity index (χ2n) is 2.49. The number of nitrogens with two attached hydrogens (primary N) is 2. The fourth-order valence-electron chi connectivity index (χ4n) is 0.919. The Labute approximate surface area is 94.1 Å². The zero-order valence-corrected chi connectivity index (χ0v) is 9.18. The molecule has 0 bridgehead atoms. The standard InChI is InChI=1S/C7H8N6S2/c8-6-11-4(13-9)3-5(12-6)15-7-10-1-2-14-7/h1-3H,9H2,(H3,8,11,12,13). The Hall–Kier alpha value is -1.38. The molecule has 0 unspecified atom stereocenters. The van der Waals surface area contributed by atoms with Crippen molar-refractivity contribution in [2.24, 2.45) is 5.84 Å². The van der Waals surface area contributed by atoms with Gasteiger partial charge in [0.15, 0.2) is 4.34 Å². The van der Waals surface area contributed by atoms with E-state index in [1.807, 2.05) is 5.38 Å². The first-order chi connectivity index (χ1) is 7.28. The van der Waals surface area contributed by atoms with Gasteiger partial charge in [-0.2, -0.15) is 4.98 Å². The minimum Gasteiger partial charge on any atom is -0.368 e. The third kappa shape index (κ3) is 2.55. The van der Waals surface area contributed by atoms with Crippen LogP contribution in [0.2, 0.25) is 0 Å². The third-order valence-electron chi connectivity index (χ3n) is 1.47. The molecule has 2 rings (SSSR count). The molecule has 6 nitrogen and oxygen atoms in total. The lowest BCUT2D eigenvalue weighted by Gasteiger charge is -2.02. The molecule has 2 heterocycles. The molecule has 5 N–H and O–H groups in total. The van der Waals surface area contributed by atoms with Crippen molar-refractivity contribution in [3.63, 3.8) is 0 Å². The Morgan fingerprint density at radius 2 is 2.27 bits per heavy atom. The van der Waals surface area contributed by atoms with Crippen LogP contribution >= 0.6 is 23.1 Å². The van der Waals surface area contributed by atoms with E-state index < -0.39 is 0 Å². The van der Waals surface area contributed by atoms with E-state index in [4.69, 9.17) is 11.6 Å². The number of hydrazine groups is 1. The molecule has 78 valence electrons. The van der Waals surface area contributed by atoms with E-state index in [9.17, 15) is 0 Å². The van der Waals surface area contributed by atoms with E-state index in [0.29, 0.717) is 10.8 Å². The Bertz CT molecular complexity index is 443. The monoisotopic (exact) mass is 240 g/mol. The largest absolute Gasteiger partial charge is 0.368 e. The summed E-state index contributed by atoms with van der Waals surface area (Å²) in [5, 5.41) is 2.61. The van der Waals surface area contributed by atoms with Gasteiger partial charge in [-0.1, -0.05) is 0 Å². The number of rotatable bonds is 3. The molecule has 0 aliphatic heterocycles. The van der Waals surface area contributed by atoms with Gasteiger partial charge >= 0.3 is 0 Å². The predicted molar refractivity (Wildman–Crippen MR) is 60.5 cm³/mol. The lowest BCUT2D eigenvalue weighted by molar-refractivity contribution is 1.05. The summed E-state index contributed by atoms with van der Waals surface area (Å²) < 4.78 is 0.899. The van der Waals surface area contributed by atoms with Crippen LogP contribution in [-0.4, -0.2) is 15.0 Å². The fourth-order valence-corrected chi connectivity index (χ4v) is 2.50. The smallest absolute Gasteiger partial charge is 0.223 e. The SMILES string of the molecule is NNc1cc(Sc2nccs2)nc(N)n1. The van der Waals surface area contributed by atoms with Gasteiger partial charge < -0.3 is 11.2 Å². The molecule has 0 aromatic carbocycles. The third-order valence-corrected chi connectivity index (χ3v) is 3.27. The Morgan fingerprint density at radius 3 is 2.93 bits per heavy atom. The molecule has 8 heteroatoms. The first-order valence-electron chi connectivity index (χ1n) is 3.96. The second-order valence-corrected chi connectivity index (χ2v) is 4.66. The van der Waals surface area contributed by atoms with Crippen LogP contribution in [0.25, 0.3) is 0 Å². The van der Waals surface area contributed by atoms with Gasteiger partial charge in [-0.15, -0.1) is 11.3 Å². The van der Waals surface area contributed by atoms with Crippen molar-refractivity contribution in [1.82, 2.24) is 15.0 Å². The van der Waals surface area contributed by atoms with Crippen LogP contribution in [0.5, 0.6) is 0 Å². The lowest BCUT2D eigenvalue weighted by Crippen LogP contribution is -2.10. The van der Waals surface area contributed by atoms with Gasteiger partial charge in [0.05, 0.1) is 0 Å². The van der Waals surface area contributed by atoms with Crippen LogP contribution in [0.4, 0.5) is 11.8 Å². The summed E-state index contributed by atoms with van der Waals surface area (Å²) in [6.45, 7) is 0. The van der Waals surface area contributed by atoms with Gasteiger partial charge in [0.25, 0.3) is 0 Å². The Kier molecular flexibility index (Phi) is 2.99. The van der Waals surface area contributed by atoms with Crippen LogP contribution in [0.1, 0.15) is 0 Å². The number of nitrogens with zero attached hydrogens (tertiary/aromatic N) is 3. The van der Waals surface area contributed by atoms with Gasteiger partial charge in [0, 0.05) is 17.6 Å². The zero-order chi connectivity index (χ0) is 10.7. The number of anilines is 2. The van der Waals surface area contributed by atoms with E-state index in [1.165, 1.54) is 23.1 Å². The molecule has 0 fully saturated rings. The maximum atomic E-state index is 5.52. The fraction of sp³-hybridized carbons (Fsp3) is 0. The highest BCUT2D eigenvalue weighted by Crippen LogP contribution is 2.28. The van der Waals surface area contributed by atoms with Crippen molar-refractivity contribution in [3.8, 4) is 0 Å². The van der Waals surface area contributed by atoms with Crippen LogP contribution in [-0.2, 0) is 0 Å². The van der Waals surface area contributed by atoms with E-state index in [1.54, 1.807) is 12.3 Å². The molecule has 2 aromatic heterocycles. The number of aromatic nitrogens is 3. The van der Waals surface area contributed by atoms with Crippen LogP contribution in [0.15, 0.2) is 27.0 Å². The Morgan fingerprint density at radius 1 is 1.40 bits per heavy atom. The molecule has 15 heavy (non-hydrogen) atoms. The van der Waals surface area contributed by atoms with E-state index in [-0.39, 0.29) is 5.95 Å². The van der Waals surface area contributed by atoms with Crippen molar-refractivity contribution in [2.75, 3.05) is 11.2 Å². The minimum atomic E-state index is 0.185. The van der Waals surface area contributed by atoms with Gasteiger partial charge in [0.1, 0.15) is 10.8 Å². The normalized spacial score (nSPS) is 10.2. The average Bonchev–Trinajstić information content (AvgIpc) is 2.69. The highest BCUT2D eigenvalue weighted by Gasteiger charge is 2.04. The topological polar surface area (TPSA) is 103 Å². The van der Waals surface area contributed by atoms with Gasteiger partial charge in [-0.25, -0.2) is 15.8 Å². The highest BCUT2D eigenvalue weighted by atomic mass is 32.2. The molecule has 0 radical (unpaired) electrons. The van der Waals surface area contributed by atoms with Crippen molar-refractivity contribution in [1.29, 1.82) is 0 Å². The first-order valence-corrected chi connectivity index (χ1v) is 5.66. The van der Waals surface area contributed by atoms with Crippen molar-refractivity contribution >= 4 is 34.9 Å². The number of nitrogen functional groups attached to an aromatic ring is 2. The first kappa shape index (κ1) is 10.1.